The Morgan fingerprint density at radius 3 is 2.96 bits per heavy atom. The highest BCUT2D eigenvalue weighted by Gasteiger charge is 2.24. The summed E-state index contributed by atoms with van der Waals surface area (Å²) in [6.45, 7) is 2.38. The molecule has 4 rings (SSSR count). The number of fused-ring (bicyclic) bond motifs is 2. The minimum Gasteiger partial charge on any atom is -0.423 e. The van der Waals surface area contributed by atoms with E-state index in [2.05, 4.69) is 10.3 Å². The fraction of sp³-hybridized carbons (Fsp3) is 0.211. The maximum absolute atomic E-state index is 11.4. The molecular weight excluding hydrogens is 320 g/mol. The molecule has 1 aliphatic heterocycles. The zero-order chi connectivity index (χ0) is 17.4. The number of carbonyl (C=O) groups is 1. The lowest BCUT2D eigenvalue weighted by Gasteiger charge is -2.27. The summed E-state index contributed by atoms with van der Waals surface area (Å²) in [5, 5.41) is 3.74. The van der Waals surface area contributed by atoms with Crippen molar-refractivity contribution in [2.75, 3.05) is 6.61 Å². The number of ether oxygens (including phenoxy) is 1. The highest BCUT2D eigenvalue weighted by molar-refractivity contribution is 5.84. The van der Waals surface area contributed by atoms with Crippen LogP contribution in [0.1, 0.15) is 24.1 Å². The van der Waals surface area contributed by atoms with Gasteiger partial charge in [-0.1, -0.05) is 6.07 Å². The third-order valence-electron chi connectivity index (χ3n) is 4.30. The van der Waals surface area contributed by atoms with Crippen LogP contribution in [0.15, 0.2) is 51.9 Å². The maximum Gasteiger partial charge on any atom is 0.336 e. The first-order valence-electron chi connectivity index (χ1n) is 7.98. The first kappa shape index (κ1) is 15.5. The van der Waals surface area contributed by atoms with Gasteiger partial charge in [-0.2, -0.15) is 0 Å². The summed E-state index contributed by atoms with van der Waals surface area (Å²) in [4.78, 5) is 27.1. The lowest BCUT2D eigenvalue weighted by atomic mass is 9.93. The quantitative estimate of drug-likeness (QED) is 0.727. The van der Waals surface area contributed by atoms with Gasteiger partial charge in [0, 0.05) is 41.9 Å². The van der Waals surface area contributed by atoms with Gasteiger partial charge in [0.1, 0.15) is 5.58 Å². The van der Waals surface area contributed by atoms with Gasteiger partial charge in [-0.05, 0) is 29.3 Å². The molecule has 0 radical (unpaired) electrons. The van der Waals surface area contributed by atoms with E-state index in [0.29, 0.717) is 18.8 Å². The molecule has 1 unspecified atom stereocenters. The number of hydrogen-bond acceptors (Lipinski definition) is 5. The molecule has 3 aromatic rings. The number of hydrogen-bond donors (Lipinski definition) is 1. The molecule has 0 aliphatic carbocycles. The van der Waals surface area contributed by atoms with E-state index in [9.17, 15) is 9.59 Å². The third-order valence-corrected chi connectivity index (χ3v) is 4.30. The fourth-order valence-electron chi connectivity index (χ4n) is 3.19. The number of nitrogens with one attached hydrogen (secondary N) is 1. The highest BCUT2D eigenvalue weighted by atomic mass is 16.5. The van der Waals surface area contributed by atoms with E-state index in [1.54, 1.807) is 24.5 Å². The molecule has 2 aromatic heterocycles. The number of benzene rings is 1. The lowest BCUT2D eigenvalue weighted by Crippen LogP contribution is -2.33. The Kier molecular flexibility index (Phi) is 3.82. The number of aromatic nitrogens is 1. The predicted molar refractivity (Wildman–Crippen MR) is 91.9 cm³/mol. The summed E-state index contributed by atoms with van der Waals surface area (Å²) in [5.74, 6) is -0.104. The van der Waals surface area contributed by atoms with Crippen molar-refractivity contribution in [3.05, 3.63) is 64.3 Å². The number of pyridine rings is 1. The van der Waals surface area contributed by atoms with Crippen molar-refractivity contribution in [1.82, 2.24) is 10.3 Å². The Labute approximate surface area is 143 Å². The van der Waals surface area contributed by atoms with E-state index in [-0.39, 0.29) is 17.6 Å². The summed E-state index contributed by atoms with van der Waals surface area (Å²) in [7, 11) is 0. The van der Waals surface area contributed by atoms with Crippen LogP contribution in [0.3, 0.4) is 0 Å². The summed E-state index contributed by atoms with van der Waals surface area (Å²) in [6.07, 6.45) is 3.57. The molecule has 1 aliphatic rings. The Hall–Kier alpha value is -2.99. The molecule has 0 fully saturated rings. The molecule has 6 nitrogen and oxygen atoms in total. The van der Waals surface area contributed by atoms with Crippen LogP contribution in [0.2, 0.25) is 0 Å². The van der Waals surface area contributed by atoms with E-state index < -0.39 is 0 Å². The van der Waals surface area contributed by atoms with E-state index in [0.717, 1.165) is 27.6 Å². The van der Waals surface area contributed by atoms with Crippen molar-refractivity contribution < 1.29 is 13.9 Å². The van der Waals surface area contributed by atoms with Crippen molar-refractivity contribution in [2.24, 2.45) is 0 Å². The predicted octanol–water partition coefficient (Wildman–Crippen LogP) is 2.56. The van der Waals surface area contributed by atoms with Crippen molar-refractivity contribution in [2.45, 2.75) is 19.6 Å². The second kappa shape index (κ2) is 6.14. The monoisotopic (exact) mass is 336 g/mol. The Balaban J connectivity index is 1.82. The second-order valence-electron chi connectivity index (χ2n) is 6.03. The molecule has 0 spiro atoms. The van der Waals surface area contributed by atoms with Crippen LogP contribution >= 0.6 is 0 Å². The first-order valence-corrected chi connectivity index (χ1v) is 7.98. The minimum absolute atomic E-state index is 0.104. The van der Waals surface area contributed by atoms with E-state index in [1.807, 2.05) is 12.1 Å². The maximum atomic E-state index is 11.4. The topological polar surface area (TPSA) is 81.4 Å². The van der Waals surface area contributed by atoms with Gasteiger partial charge in [-0.15, -0.1) is 0 Å². The van der Waals surface area contributed by atoms with Crippen molar-refractivity contribution in [3.63, 3.8) is 0 Å². The summed E-state index contributed by atoms with van der Waals surface area (Å²) >= 11 is 0. The fourth-order valence-corrected chi connectivity index (χ4v) is 3.19. The number of amides is 1. The van der Waals surface area contributed by atoms with Gasteiger partial charge >= 0.3 is 5.63 Å². The van der Waals surface area contributed by atoms with Crippen molar-refractivity contribution >= 4 is 16.9 Å². The van der Waals surface area contributed by atoms with E-state index in [1.165, 1.54) is 13.0 Å². The van der Waals surface area contributed by atoms with Crippen LogP contribution in [-0.2, 0) is 16.1 Å². The Morgan fingerprint density at radius 2 is 2.12 bits per heavy atom. The van der Waals surface area contributed by atoms with Crippen molar-refractivity contribution in [3.8, 4) is 11.1 Å². The van der Waals surface area contributed by atoms with Crippen LogP contribution in [0.4, 0.5) is 0 Å². The first-order chi connectivity index (χ1) is 12.1. The highest BCUT2D eigenvalue weighted by Crippen LogP contribution is 2.33. The molecule has 126 valence electrons. The van der Waals surface area contributed by atoms with Crippen LogP contribution in [0.5, 0.6) is 0 Å². The average Bonchev–Trinajstić information content (AvgIpc) is 2.61. The molecule has 1 atom stereocenters. The molecule has 1 aromatic carbocycles. The number of rotatable bonds is 2. The summed E-state index contributed by atoms with van der Waals surface area (Å²) < 4.78 is 10.9. The van der Waals surface area contributed by atoms with E-state index >= 15 is 0 Å². The lowest BCUT2D eigenvalue weighted by molar-refractivity contribution is -0.120. The molecule has 6 heteroatoms. The molecule has 0 bridgehead atoms. The van der Waals surface area contributed by atoms with Crippen LogP contribution in [0, 0.1) is 0 Å². The number of nitrogens with zero attached hydrogens (tertiary/aromatic N) is 1. The normalized spacial score (nSPS) is 16.4. The van der Waals surface area contributed by atoms with Crippen LogP contribution < -0.4 is 10.9 Å². The van der Waals surface area contributed by atoms with Gasteiger partial charge in [-0.25, -0.2) is 4.79 Å². The zero-order valence-corrected chi connectivity index (χ0v) is 13.6. The smallest absolute Gasteiger partial charge is 0.336 e. The van der Waals surface area contributed by atoms with Crippen LogP contribution in [-0.4, -0.2) is 17.5 Å². The standard InChI is InChI=1S/C19H16N2O4/c1-11(22)21-17-10-24-9-16-14(7-20-8-15(16)17)12-2-4-18-13(6-12)3-5-19(23)25-18/h2-8,17H,9-10H2,1H3,(H,21,22). The van der Waals surface area contributed by atoms with Gasteiger partial charge < -0.3 is 14.5 Å². The Bertz CT molecular complexity index is 1030. The van der Waals surface area contributed by atoms with Gasteiger partial charge in [0.15, 0.2) is 0 Å². The molecule has 3 heterocycles. The summed E-state index contributed by atoms with van der Waals surface area (Å²) in [6, 6.07) is 8.57. The van der Waals surface area contributed by atoms with Crippen LogP contribution in [0.25, 0.3) is 22.1 Å². The van der Waals surface area contributed by atoms with Gasteiger partial charge in [0.05, 0.1) is 19.3 Å². The number of carbonyl (C=O) groups excluding carboxylic acids is 1. The third kappa shape index (κ3) is 2.92. The van der Waals surface area contributed by atoms with E-state index in [4.69, 9.17) is 9.15 Å². The van der Waals surface area contributed by atoms with Gasteiger partial charge in [0.25, 0.3) is 0 Å². The molecular formula is C19H16N2O4. The van der Waals surface area contributed by atoms with Gasteiger partial charge in [-0.3, -0.25) is 9.78 Å². The average molecular weight is 336 g/mol. The molecule has 1 N–H and O–H groups in total. The molecule has 1 amide bonds. The largest absolute Gasteiger partial charge is 0.423 e. The molecule has 25 heavy (non-hydrogen) atoms. The SMILES string of the molecule is CC(=O)NC1COCc2c(-c3ccc4oc(=O)ccc4c3)cncc21. The molecule has 0 saturated carbocycles. The minimum atomic E-state index is -0.370. The summed E-state index contributed by atoms with van der Waals surface area (Å²) in [5.41, 5.74) is 4.06. The molecule has 0 saturated heterocycles. The van der Waals surface area contributed by atoms with Crippen molar-refractivity contribution in [1.29, 1.82) is 0 Å². The zero-order valence-electron chi connectivity index (χ0n) is 13.6. The Morgan fingerprint density at radius 1 is 1.24 bits per heavy atom. The van der Waals surface area contributed by atoms with Gasteiger partial charge in [0.2, 0.25) is 5.91 Å². The second-order valence-corrected chi connectivity index (χ2v) is 6.03.